The lowest BCUT2D eigenvalue weighted by Crippen LogP contribution is -2.26. The van der Waals surface area contributed by atoms with E-state index in [0.717, 1.165) is 4.68 Å². The summed E-state index contributed by atoms with van der Waals surface area (Å²) in [7, 11) is 1.34. The maximum Gasteiger partial charge on any atom is 0.280 e. The van der Waals surface area contributed by atoms with Crippen LogP contribution in [0.15, 0.2) is 65.5 Å². The molecular formula is C18H14FN3O3. The number of rotatable bonds is 4. The molecule has 0 saturated carbocycles. The van der Waals surface area contributed by atoms with Crippen LogP contribution in [0.3, 0.4) is 0 Å². The molecule has 0 aliphatic heterocycles. The minimum absolute atomic E-state index is 0.0334. The Morgan fingerprint density at radius 3 is 2.56 bits per heavy atom. The summed E-state index contributed by atoms with van der Waals surface area (Å²) >= 11 is 0. The number of nitrogens with zero attached hydrogens (tertiary/aromatic N) is 2. The number of para-hydroxylation sites is 1. The molecule has 126 valence electrons. The van der Waals surface area contributed by atoms with Crippen molar-refractivity contribution in [2.75, 3.05) is 12.4 Å². The second-order valence-corrected chi connectivity index (χ2v) is 5.11. The Bertz CT molecular complexity index is 971. The van der Waals surface area contributed by atoms with Gasteiger partial charge in [-0.15, -0.1) is 0 Å². The van der Waals surface area contributed by atoms with Crippen molar-refractivity contribution >= 4 is 11.6 Å². The van der Waals surface area contributed by atoms with Gasteiger partial charge in [0.1, 0.15) is 5.82 Å². The summed E-state index contributed by atoms with van der Waals surface area (Å²) in [6.45, 7) is 0. The van der Waals surface area contributed by atoms with E-state index in [-0.39, 0.29) is 17.1 Å². The van der Waals surface area contributed by atoms with Crippen LogP contribution in [-0.2, 0) is 0 Å². The van der Waals surface area contributed by atoms with E-state index in [0.29, 0.717) is 5.69 Å². The Morgan fingerprint density at radius 2 is 1.88 bits per heavy atom. The van der Waals surface area contributed by atoms with Crippen molar-refractivity contribution in [3.63, 3.8) is 0 Å². The van der Waals surface area contributed by atoms with E-state index in [4.69, 9.17) is 4.74 Å². The second kappa shape index (κ2) is 6.96. The number of nitrogens with one attached hydrogen (secondary N) is 1. The number of carbonyl (C=O) groups excluding carboxylic acids is 1. The largest absolute Gasteiger partial charge is 0.494 e. The van der Waals surface area contributed by atoms with Crippen molar-refractivity contribution in [1.29, 1.82) is 0 Å². The first-order chi connectivity index (χ1) is 12.1. The van der Waals surface area contributed by atoms with Gasteiger partial charge in [-0.25, -0.2) is 4.39 Å². The molecule has 1 N–H and O–H groups in total. The quantitative estimate of drug-likeness (QED) is 0.793. The van der Waals surface area contributed by atoms with Gasteiger partial charge in [0.05, 0.1) is 18.9 Å². The molecule has 1 aromatic heterocycles. The summed E-state index contributed by atoms with van der Waals surface area (Å²) in [5.41, 5.74) is 0.252. The molecule has 3 rings (SSSR count). The van der Waals surface area contributed by atoms with Crippen LogP contribution in [0.25, 0.3) is 5.69 Å². The van der Waals surface area contributed by atoms with Gasteiger partial charge in [-0.2, -0.15) is 9.78 Å². The normalized spacial score (nSPS) is 10.3. The van der Waals surface area contributed by atoms with Crippen molar-refractivity contribution in [3.05, 3.63) is 82.5 Å². The van der Waals surface area contributed by atoms with Gasteiger partial charge >= 0.3 is 0 Å². The number of anilines is 1. The molecule has 1 heterocycles. The lowest BCUT2D eigenvalue weighted by molar-refractivity contribution is 0.101. The zero-order valence-corrected chi connectivity index (χ0v) is 13.3. The van der Waals surface area contributed by atoms with Crippen LogP contribution in [0.5, 0.6) is 5.75 Å². The zero-order chi connectivity index (χ0) is 17.8. The van der Waals surface area contributed by atoms with Crippen molar-refractivity contribution in [2.45, 2.75) is 0 Å². The van der Waals surface area contributed by atoms with Crippen LogP contribution in [0.4, 0.5) is 10.1 Å². The lowest BCUT2D eigenvalue weighted by Gasteiger charge is -2.11. The summed E-state index contributed by atoms with van der Waals surface area (Å²) < 4.78 is 19.5. The monoisotopic (exact) mass is 339 g/mol. The smallest absolute Gasteiger partial charge is 0.280 e. The predicted octanol–water partition coefficient (Wildman–Crippen LogP) is 2.63. The van der Waals surface area contributed by atoms with E-state index in [1.807, 2.05) is 0 Å². The van der Waals surface area contributed by atoms with Gasteiger partial charge in [-0.1, -0.05) is 24.3 Å². The fourth-order valence-electron chi connectivity index (χ4n) is 2.26. The molecular weight excluding hydrogens is 325 g/mol. The predicted molar refractivity (Wildman–Crippen MR) is 90.7 cm³/mol. The van der Waals surface area contributed by atoms with Crippen LogP contribution >= 0.6 is 0 Å². The van der Waals surface area contributed by atoms with E-state index in [2.05, 4.69) is 10.4 Å². The summed E-state index contributed by atoms with van der Waals surface area (Å²) in [5, 5.41) is 6.64. The first-order valence-corrected chi connectivity index (χ1v) is 7.39. The van der Waals surface area contributed by atoms with E-state index in [9.17, 15) is 14.0 Å². The van der Waals surface area contributed by atoms with Crippen molar-refractivity contribution < 1.29 is 13.9 Å². The summed E-state index contributed by atoms with van der Waals surface area (Å²) in [4.78, 5) is 24.7. The second-order valence-electron chi connectivity index (χ2n) is 5.11. The molecule has 0 bridgehead atoms. The SMILES string of the molecule is COc1cc(=O)n(-c2ccccc2)nc1C(=O)Nc1cccc(F)c1. The van der Waals surface area contributed by atoms with Gasteiger partial charge in [0, 0.05) is 5.69 Å². The molecule has 7 heteroatoms. The minimum atomic E-state index is -0.618. The highest BCUT2D eigenvalue weighted by Gasteiger charge is 2.18. The molecule has 0 atom stereocenters. The molecule has 2 aromatic carbocycles. The average molecular weight is 339 g/mol. The Labute approximate surface area is 142 Å². The van der Waals surface area contributed by atoms with Crippen LogP contribution in [-0.4, -0.2) is 22.8 Å². The summed E-state index contributed by atoms with van der Waals surface area (Å²) in [5.74, 6) is -1.06. The van der Waals surface area contributed by atoms with Gasteiger partial charge in [0.2, 0.25) is 0 Å². The maximum absolute atomic E-state index is 13.3. The average Bonchev–Trinajstić information content (AvgIpc) is 2.62. The van der Waals surface area contributed by atoms with E-state index < -0.39 is 17.3 Å². The zero-order valence-electron chi connectivity index (χ0n) is 13.3. The van der Waals surface area contributed by atoms with Crippen molar-refractivity contribution in [1.82, 2.24) is 9.78 Å². The first-order valence-electron chi connectivity index (χ1n) is 7.39. The van der Waals surface area contributed by atoms with E-state index in [1.54, 1.807) is 36.4 Å². The number of aromatic nitrogens is 2. The number of ether oxygens (including phenoxy) is 1. The molecule has 0 radical (unpaired) electrons. The maximum atomic E-state index is 13.3. The fourth-order valence-corrected chi connectivity index (χ4v) is 2.26. The number of amides is 1. The molecule has 25 heavy (non-hydrogen) atoms. The first kappa shape index (κ1) is 16.4. The minimum Gasteiger partial charge on any atom is -0.494 e. The molecule has 0 unspecified atom stereocenters. The van der Waals surface area contributed by atoms with Gasteiger partial charge in [-0.05, 0) is 30.3 Å². The third-order valence-corrected chi connectivity index (χ3v) is 3.41. The van der Waals surface area contributed by atoms with E-state index >= 15 is 0 Å². The third-order valence-electron chi connectivity index (χ3n) is 3.41. The lowest BCUT2D eigenvalue weighted by atomic mass is 10.2. The molecule has 6 nitrogen and oxygen atoms in total. The van der Waals surface area contributed by atoms with Crippen molar-refractivity contribution in [3.8, 4) is 11.4 Å². The number of methoxy groups -OCH3 is 1. The molecule has 0 aliphatic rings. The number of hydrogen-bond acceptors (Lipinski definition) is 4. The molecule has 0 spiro atoms. The number of halogens is 1. The number of carbonyl (C=O) groups is 1. The van der Waals surface area contributed by atoms with Gasteiger partial charge in [0.25, 0.3) is 11.5 Å². The molecule has 0 fully saturated rings. The highest BCUT2D eigenvalue weighted by molar-refractivity contribution is 6.04. The van der Waals surface area contributed by atoms with Crippen LogP contribution in [0.1, 0.15) is 10.5 Å². The number of benzene rings is 2. The Balaban J connectivity index is 2.02. The molecule has 0 aliphatic carbocycles. The van der Waals surface area contributed by atoms with Gasteiger partial charge < -0.3 is 10.1 Å². The van der Waals surface area contributed by atoms with Crippen molar-refractivity contribution in [2.24, 2.45) is 0 Å². The standard InChI is InChI=1S/C18H14FN3O3/c1-25-15-11-16(23)22(14-8-3-2-4-9-14)21-17(15)18(24)20-13-7-5-6-12(19)10-13/h2-11H,1H3,(H,20,24). The highest BCUT2D eigenvalue weighted by atomic mass is 19.1. The van der Waals surface area contributed by atoms with Gasteiger partial charge in [-0.3, -0.25) is 9.59 Å². The summed E-state index contributed by atoms with van der Waals surface area (Å²) in [6.07, 6.45) is 0. The highest BCUT2D eigenvalue weighted by Crippen LogP contribution is 2.17. The van der Waals surface area contributed by atoms with Crippen LogP contribution < -0.4 is 15.6 Å². The Hall–Kier alpha value is -3.48. The Kier molecular flexibility index (Phi) is 4.56. The molecule has 1 amide bonds. The summed E-state index contributed by atoms with van der Waals surface area (Å²) in [6, 6.07) is 15.3. The van der Waals surface area contributed by atoms with E-state index in [1.165, 1.54) is 31.4 Å². The third kappa shape index (κ3) is 3.55. The fraction of sp³-hybridized carbons (Fsp3) is 0.0556. The van der Waals surface area contributed by atoms with Gasteiger partial charge in [0.15, 0.2) is 11.4 Å². The van der Waals surface area contributed by atoms with Crippen LogP contribution in [0.2, 0.25) is 0 Å². The molecule has 3 aromatic rings. The molecule has 0 saturated heterocycles. The number of hydrogen-bond donors (Lipinski definition) is 1. The Morgan fingerprint density at radius 1 is 1.12 bits per heavy atom. The van der Waals surface area contributed by atoms with Crippen LogP contribution in [0, 0.1) is 5.82 Å². The topological polar surface area (TPSA) is 73.2 Å².